The third-order valence-electron chi connectivity index (χ3n) is 6.07. The summed E-state index contributed by atoms with van der Waals surface area (Å²) >= 11 is 1.47. The van der Waals surface area contributed by atoms with Crippen molar-refractivity contribution in [3.05, 3.63) is 58.2 Å². The molecule has 31 heavy (non-hydrogen) atoms. The third kappa shape index (κ3) is 2.98. The summed E-state index contributed by atoms with van der Waals surface area (Å²) in [4.78, 5) is 28.8. The number of thiazole rings is 1. The van der Waals surface area contributed by atoms with Gasteiger partial charge in [-0.1, -0.05) is 23.4 Å². The Morgan fingerprint density at radius 2 is 2.26 bits per heavy atom. The number of amidine groups is 1. The molecule has 0 radical (unpaired) electrons. The van der Waals surface area contributed by atoms with Gasteiger partial charge >= 0.3 is 0 Å². The van der Waals surface area contributed by atoms with Crippen LogP contribution >= 0.6 is 11.3 Å². The zero-order valence-electron chi connectivity index (χ0n) is 16.4. The highest BCUT2D eigenvalue weighted by Gasteiger charge is 2.46. The first-order valence-corrected chi connectivity index (χ1v) is 11.0. The van der Waals surface area contributed by atoms with Gasteiger partial charge < -0.3 is 14.5 Å². The topological polar surface area (TPSA) is 113 Å². The number of carbonyl (C=O) groups excluding carboxylic acids is 1. The van der Waals surface area contributed by atoms with Crippen molar-refractivity contribution < 1.29 is 19.3 Å². The monoisotopic (exact) mass is 437 g/mol. The van der Waals surface area contributed by atoms with Crippen LogP contribution in [0.2, 0.25) is 0 Å². The maximum Gasteiger partial charge on any atom is 0.223 e. The number of hydrogen-bond acceptors (Lipinski definition) is 9. The average molecular weight is 437 g/mol. The smallest absolute Gasteiger partial charge is 0.223 e. The minimum absolute atomic E-state index is 0.0183. The predicted molar refractivity (Wildman–Crippen MR) is 111 cm³/mol. The average Bonchev–Trinajstić information content (AvgIpc) is 3.57. The maximum absolute atomic E-state index is 12.4. The third-order valence-corrected chi connectivity index (χ3v) is 6.86. The molecule has 1 aromatic carbocycles. The number of aliphatic imine (C=N–C) groups is 1. The van der Waals surface area contributed by atoms with E-state index in [-0.39, 0.29) is 24.5 Å². The summed E-state index contributed by atoms with van der Waals surface area (Å²) in [5, 5.41) is 16.1. The van der Waals surface area contributed by atoms with Crippen molar-refractivity contribution in [3.8, 4) is 10.8 Å². The van der Waals surface area contributed by atoms with Crippen LogP contribution in [0.15, 0.2) is 45.4 Å². The van der Waals surface area contributed by atoms with Crippen LogP contribution in [-0.4, -0.2) is 45.0 Å². The number of aliphatic hydroxyl groups excluding tert-OH is 1. The number of rotatable bonds is 5. The molecule has 2 aromatic heterocycles. The van der Waals surface area contributed by atoms with Crippen LogP contribution in [-0.2, 0) is 16.1 Å². The van der Waals surface area contributed by atoms with Crippen LogP contribution in [0.4, 0.5) is 0 Å². The van der Waals surface area contributed by atoms with Gasteiger partial charge in [-0.05, 0) is 23.5 Å². The van der Waals surface area contributed by atoms with Crippen LogP contribution in [0.3, 0.4) is 0 Å². The lowest BCUT2D eigenvalue weighted by Gasteiger charge is -2.24. The molecule has 10 heteroatoms. The fraction of sp³-hybridized carbons (Fsp3) is 0.333. The molecule has 1 saturated heterocycles. The first-order chi connectivity index (χ1) is 15.2. The molecule has 3 atom stereocenters. The van der Waals surface area contributed by atoms with E-state index in [2.05, 4.69) is 26.7 Å². The number of aliphatic hydroxyl groups is 1. The lowest BCUT2D eigenvalue weighted by Crippen LogP contribution is -2.30. The van der Waals surface area contributed by atoms with E-state index in [9.17, 15) is 9.90 Å². The standard InChI is InChI=1S/C21H19N5O4S/c27-6-5-26-17(28)9-11-8-14-12(18(11)26)2-1-3-13(14)19-23-20(30-25-19)15-10-16(29-24-15)21-22-4-7-31-21/h1-4,7,10-11,18,20,27H,5-6,8-9H2,(H,23,25). The molecule has 3 aliphatic rings. The van der Waals surface area contributed by atoms with Crippen molar-refractivity contribution in [2.24, 2.45) is 10.9 Å². The summed E-state index contributed by atoms with van der Waals surface area (Å²) < 4.78 is 5.39. The molecule has 1 fully saturated rings. The van der Waals surface area contributed by atoms with E-state index in [0.717, 1.165) is 22.6 Å². The molecule has 0 bridgehead atoms. The zero-order chi connectivity index (χ0) is 20.9. The van der Waals surface area contributed by atoms with E-state index in [1.54, 1.807) is 17.2 Å². The lowest BCUT2D eigenvalue weighted by molar-refractivity contribution is -0.129. The van der Waals surface area contributed by atoms with Crippen molar-refractivity contribution in [2.75, 3.05) is 13.2 Å². The Morgan fingerprint density at radius 3 is 3.10 bits per heavy atom. The van der Waals surface area contributed by atoms with E-state index in [1.165, 1.54) is 16.9 Å². The van der Waals surface area contributed by atoms with Gasteiger partial charge in [-0.15, -0.1) is 11.3 Å². The minimum atomic E-state index is -0.614. The van der Waals surface area contributed by atoms with Gasteiger partial charge in [0.05, 0.1) is 12.6 Å². The summed E-state index contributed by atoms with van der Waals surface area (Å²) in [6, 6.07) is 7.86. The summed E-state index contributed by atoms with van der Waals surface area (Å²) in [6.45, 7) is 0.329. The van der Waals surface area contributed by atoms with Crippen molar-refractivity contribution in [2.45, 2.75) is 25.1 Å². The molecular weight excluding hydrogens is 418 g/mol. The number of nitrogens with one attached hydrogen (secondary N) is 1. The summed E-state index contributed by atoms with van der Waals surface area (Å²) in [6.07, 6.45) is 2.41. The Bertz CT molecular complexity index is 1170. The number of β-amino-alcohol motifs (C(OH)–C–C–N with tert-alkyl or cyclic N) is 1. The molecule has 2 aliphatic heterocycles. The van der Waals surface area contributed by atoms with Crippen LogP contribution < -0.4 is 5.48 Å². The van der Waals surface area contributed by atoms with E-state index < -0.39 is 6.23 Å². The number of benzene rings is 1. The van der Waals surface area contributed by atoms with Crippen molar-refractivity contribution in [3.63, 3.8) is 0 Å². The Kier molecular flexibility index (Phi) is 4.37. The second-order valence-corrected chi connectivity index (χ2v) is 8.70. The Morgan fingerprint density at radius 1 is 1.32 bits per heavy atom. The molecule has 3 unspecified atom stereocenters. The Hall–Kier alpha value is -3.08. The number of nitrogens with zero attached hydrogens (tertiary/aromatic N) is 4. The number of carbonyl (C=O) groups is 1. The second kappa shape index (κ2) is 7.26. The molecule has 6 rings (SSSR count). The number of hydrogen-bond donors (Lipinski definition) is 2. The highest BCUT2D eigenvalue weighted by atomic mass is 32.1. The summed E-state index contributed by atoms with van der Waals surface area (Å²) in [7, 11) is 0. The molecule has 1 amide bonds. The quantitative estimate of drug-likeness (QED) is 0.629. The van der Waals surface area contributed by atoms with E-state index >= 15 is 0 Å². The van der Waals surface area contributed by atoms with Crippen LogP contribution in [0.1, 0.15) is 41.1 Å². The normalized spacial score (nSPS) is 24.3. The van der Waals surface area contributed by atoms with Crippen LogP contribution in [0.25, 0.3) is 10.8 Å². The number of fused-ring (bicyclic) bond motifs is 3. The van der Waals surface area contributed by atoms with Gasteiger partial charge in [0.15, 0.2) is 16.6 Å². The largest absolute Gasteiger partial charge is 0.395 e. The van der Waals surface area contributed by atoms with Crippen molar-refractivity contribution >= 4 is 23.1 Å². The molecule has 4 heterocycles. The fourth-order valence-corrected chi connectivity index (χ4v) is 5.40. The van der Waals surface area contributed by atoms with Gasteiger partial charge in [0, 0.05) is 36.2 Å². The van der Waals surface area contributed by atoms with Crippen molar-refractivity contribution in [1.82, 2.24) is 20.5 Å². The van der Waals surface area contributed by atoms with E-state index in [4.69, 9.17) is 9.36 Å². The Balaban J connectivity index is 1.30. The van der Waals surface area contributed by atoms with Gasteiger partial charge in [-0.25, -0.2) is 20.3 Å². The van der Waals surface area contributed by atoms with Crippen LogP contribution in [0, 0.1) is 5.92 Å². The number of likely N-dealkylation sites (tertiary alicyclic amines) is 1. The highest BCUT2D eigenvalue weighted by Crippen LogP contribution is 2.48. The van der Waals surface area contributed by atoms with Crippen LogP contribution in [0.5, 0.6) is 0 Å². The zero-order valence-corrected chi connectivity index (χ0v) is 17.2. The molecule has 2 N–H and O–H groups in total. The van der Waals surface area contributed by atoms with E-state index in [0.29, 0.717) is 30.3 Å². The molecule has 0 saturated carbocycles. The lowest BCUT2D eigenvalue weighted by atomic mass is 10.0. The maximum atomic E-state index is 12.4. The summed E-state index contributed by atoms with van der Waals surface area (Å²) in [5.41, 5.74) is 6.77. The molecule has 158 valence electrons. The SMILES string of the molecule is O=C1CC2Cc3c(C4=NC(c5cc(-c6nccs6)on5)ON4)cccc3C2N1CCO. The number of aromatic nitrogens is 2. The van der Waals surface area contributed by atoms with Gasteiger partial charge in [0.2, 0.25) is 12.1 Å². The van der Waals surface area contributed by atoms with Gasteiger partial charge in [-0.3, -0.25) is 4.79 Å². The fourth-order valence-electron chi connectivity index (χ4n) is 4.82. The molecule has 9 nitrogen and oxygen atoms in total. The molecule has 1 aliphatic carbocycles. The van der Waals surface area contributed by atoms with Gasteiger partial charge in [0.1, 0.15) is 5.69 Å². The van der Waals surface area contributed by atoms with Gasteiger partial charge in [0.25, 0.3) is 0 Å². The van der Waals surface area contributed by atoms with Crippen molar-refractivity contribution in [1.29, 1.82) is 0 Å². The number of hydroxylamine groups is 1. The first-order valence-electron chi connectivity index (χ1n) is 10.1. The molecular formula is C21H19N5O4S. The molecule has 0 spiro atoms. The van der Waals surface area contributed by atoms with E-state index in [1.807, 2.05) is 17.5 Å². The Labute approximate surface area is 181 Å². The second-order valence-electron chi connectivity index (χ2n) is 7.80. The highest BCUT2D eigenvalue weighted by molar-refractivity contribution is 7.13. The number of amides is 1. The predicted octanol–water partition coefficient (Wildman–Crippen LogP) is 2.22. The van der Waals surface area contributed by atoms with Gasteiger partial charge in [-0.2, -0.15) is 0 Å². The summed E-state index contributed by atoms with van der Waals surface area (Å²) in [5.74, 6) is 1.56. The first kappa shape index (κ1) is 18.7. The molecule has 3 aromatic rings. The minimum Gasteiger partial charge on any atom is -0.395 e.